The number of methoxy groups -OCH3 is 4. The Morgan fingerprint density at radius 3 is 1.22 bits per heavy atom. The highest BCUT2D eigenvalue weighted by molar-refractivity contribution is 6.36. The SMILES string of the molecule is COc1cc2cc(c1Cl)N(C)C(=O)C[C@H](OC(=O)[C@H](C)N(C)C(=O)CCN(C(=O)CCN1C(=O)C=CC1=O)N(CCC(=O)N(C)[C@@H](C)C(=O)O[C@H]1CC(=O)N(C)c3cc(cc(OC)c3Cl)C/C(C)=C/C=C/[C@@H](OC)[C@@]3(O)CC(OC(=O)N3)[C@@H](C)[C@H]3O[C@@]13C)C(=O)CCN1C(=O)C=CC1=O)[C@]1(C)O[C@@H]1[C@H](C)C1C[C@@](O)(NC(=O)O1)[C@H](OC)/C=C/C=C(\C)C2. The summed E-state index contributed by atoms with van der Waals surface area (Å²) in [5.41, 5.74) is -3.68. The molecule has 8 aliphatic rings. The molecule has 10 rings (SSSR count). The summed E-state index contributed by atoms with van der Waals surface area (Å²) >= 11 is 13.8. The van der Waals surface area contributed by atoms with Crippen LogP contribution in [-0.2, 0) is 108 Å². The number of ether oxygens (including phenoxy) is 10. The number of amides is 12. The molecule has 662 valence electrons. The molecule has 0 aliphatic carbocycles. The van der Waals surface area contributed by atoms with E-state index in [-0.39, 0.29) is 45.8 Å². The van der Waals surface area contributed by atoms with Gasteiger partial charge in [0.25, 0.3) is 23.6 Å². The second kappa shape index (κ2) is 38.4. The Morgan fingerprint density at radius 1 is 0.549 bits per heavy atom. The summed E-state index contributed by atoms with van der Waals surface area (Å²) < 4.78 is 59.6. The van der Waals surface area contributed by atoms with Gasteiger partial charge in [0.2, 0.25) is 35.4 Å². The molecule has 2 aromatic rings. The van der Waals surface area contributed by atoms with Gasteiger partial charge in [-0.25, -0.2) is 19.2 Å². The predicted octanol–water partition coefficient (Wildman–Crippen LogP) is 5.03. The number of fused-ring (bicyclic) bond motifs is 10. The van der Waals surface area contributed by atoms with E-state index in [2.05, 4.69) is 10.6 Å². The Balaban J connectivity index is 0.906. The van der Waals surface area contributed by atoms with Crippen LogP contribution in [0.3, 0.4) is 0 Å². The van der Waals surface area contributed by atoms with Crippen LogP contribution in [0, 0.1) is 11.8 Å². The summed E-state index contributed by atoms with van der Waals surface area (Å²) in [6.07, 6.45) is -0.962. The molecule has 122 heavy (non-hydrogen) atoms. The molecule has 4 N–H and O–H groups in total. The third-order valence-electron chi connectivity index (χ3n) is 23.9. The topological polar surface area (TPSA) is 428 Å². The van der Waals surface area contributed by atoms with E-state index in [1.165, 1.54) is 80.3 Å². The maximum absolute atomic E-state index is 15.0. The van der Waals surface area contributed by atoms with Crippen molar-refractivity contribution in [2.75, 3.05) is 92.6 Å². The number of imide groups is 2. The highest BCUT2D eigenvalue weighted by Gasteiger charge is 2.66. The maximum Gasteiger partial charge on any atom is 0.409 e. The van der Waals surface area contributed by atoms with E-state index < -0.39 is 243 Å². The average molecular weight is 1740 g/mol. The van der Waals surface area contributed by atoms with Crippen molar-refractivity contribution in [3.63, 3.8) is 0 Å². The number of allylic oxidation sites excluding steroid dienone is 6. The molecule has 0 radical (unpaired) electrons. The third kappa shape index (κ3) is 20.7. The van der Waals surface area contributed by atoms with Crippen molar-refractivity contribution in [3.05, 3.63) is 117 Å². The second-order valence-electron chi connectivity index (χ2n) is 32.2. The number of hydrogen-bond donors (Lipinski definition) is 4. The molecule has 2 unspecified atom stereocenters. The van der Waals surface area contributed by atoms with Crippen LogP contribution in [0.2, 0.25) is 10.0 Å². The number of likely N-dealkylation sites (N-methyl/N-ethyl adjacent to an activating group) is 2. The molecule has 4 saturated heterocycles. The van der Waals surface area contributed by atoms with Crippen molar-refractivity contribution in [1.82, 2.24) is 40.3 Å². The summed E-state index contributed by atoms with van der Waals surface area (Å²) in [6, 6.07) is 3.74. The van der Waals surface area contributed by atoms with Crippen LogP contribution >= 0.6 is 23.2 Å². The highest BCUT2D eigenvalue weighted by Crippen LogP contribution is 2.52. The number of hydrogen-bond acceptors (Lipinski definition) is 26. The Hall–Kier alpha value is -10.6. The summed E-state index contributed by atoms with van der Waals surface area (Å²) in [5, 5.41) is 30.9. The van der Waals surface area contributed by atoms with E-state index >= 15 is 0 Å². The van der Waals surface area contributed by atoms with E-state index in [1.54, 1.807) is 88.4 Å². The van der Waals surface area contributed by atoms with Gasteiger partial charge in [0.15, 0.2) is 11.4 Å². The number of anilines is 2. The van der Waals surface area contributed by atoms with Gasteiger partial charge in [-0.2, -0.15) is 0 Å². The number of carbonyl (C=O) groups is 14. The summed E-state index contributed by atoms with van der Waals surface area (Å²) in [5.74, 6) is -11.4. The smallest absolute Gasteiger partial charge is 0.409 e. The van der Waals surface area contributed by atoms with Gasteiger partial charge < -0.3 is 77.2 Å². The minimum Gasteiger partial charge on any atom is -0.495 e. The number of rotatable bonds is 22. The van der Waals surface area contributed by atoms with Gasteiger partial charge in [-0.05, 0) is 89.8 Å². The third-order valence-corrected chi connectivity index (χ3v) is 24.7. The van der Waals surface area contributed by atoms with Gasteiger partial charge in [0.1, 0.15) is 81.5 Å². The fourth-order valence-corrected chi connectivity index (χ4v) is 16.6. The molecule has 36 nitrogen and oxygen atoms in total. The zero-order valence-corrected chi connectivity index (χ0v) is 72.4. The van der Waals surface area contributed by atoms with Crippen molar-refractivity contribution >= 4 is 118 Å². The van der Waals surface area contributed by atoms with Crippen LogP contribution in [0.1, 0.15) is 118 Å². The second-order valence-corrected chi connectivity index (χ2v) is 32.9. The molecule has 0 saturated carbocycles. The fraction of sp³-hybridized carbons (Fsp3) is 0.548. The first kappa shape index (κ1) is 93.7. The lowest BCUT2D eigenvalue weighted by molar-refractivity contribution is -0.168. The Bertz CT molecular complexity index is 4360. The van der Waals surface area contributed by atoms with E-state index in [1.807, 2.05) is 13.8 Å². The molecule has 2 aromatic carbocycles. The van der Waals surface area contributed by atoms with Gasteiger partial charge in [-0.3, -0.25) is 78.4 Å². The van der Waals surface area contributed by atoms with E-state index in [4.69, 9.17) is 70.6 Å². The first-order valence-electron chi connectivity index (χ1n) is 39.8. The Kier molecular flexibility index (Phi) is 29.5. The van der Waals surface area contributed by atoms with E-state index in [0.29, 0.717) is 24.0 Å². The number of esters is 2. The molecule has 0 aromatic heterocycles. The number of halogens is 2. The minimum absolute atomic E-state index is 0.0758. The number of nitrogens with zero attached hydrogens (tertiary/aromatic N) is 8. The first-order chi connectivity index (χ1) is 57.4. The van der Waals surface area contributed by atoms with Crippen LogP contribution in [-0.4, -0.2) is 289 Å². The maximum atomic E-state index is 15.0. The van der Waals surface area contributed by atoms with Crippen LogP contribution in [0.4, 0.5) is 21.0 Å². The molecule has 8 heterocycles. The number of hydrazine groups is 1. The van der Waals surface area contributed by atoms with Crippen LogP contribution < -0.4 is 29.9 Å². The number of aliphatic hydroxyl groups is 2. The zero-order valence-electron chi connectivity index (χ0n) is 70.9. The van der Waals surface area contributed by atoms with Crippen LogP contribution in [0.25, 0.3) is 0 Å². The number of alkyl carbamates (subject to hydrolysis) is 2. The molecular weight excluding hydrogens is 1640 g/mol. The van der Waals surface area contributed by atoms with Crippen LogP contribution in [0.15, 0.2) is 96.2 Å². The molecule has 16 atom stereocenters. The lowest BCUT2D eigenvalue weighted by Gasteiger charge is -2.42. The quantitative estimate of drug-likeness (QED) is 0.0395. The minimum atomic E-state index is -2.01. The van der Waals surface area contributed by atoms with E-state index in [9.17, 15) is 77.3 Å². The standard InChI is InChI=1S/C84H106Cl2N10O26/c1-45-19-17-21-59(115-15)83(111)43-57(117-79(109)87-83)47(3)75-81(7,121-75)61(41-71(105)91(11)53-37-51(35-45)39-55(113-13)73(53)85)119-77(107)49(5)89(9)63(97)29-33-95(69(103)27-31-93-65(99)23-24-66(93)100)96(70(104)28-32-94-67(101)25-26-68(94)102)34-30-64(98)90(10)50(6)78(108)120-62-42-72(106)92(12)54-38-52(40-56(114-14)74(54)86)36-46(2)20-18-22-60(116-16)84(112)44-58(118-80(110)88-84)48(4)76-82(62,8)122-76/h17-26,37-40,47-50,57-62,75-76,111-112H,27-36,41-44H2,1-16H3,(H,87,109)(H,88,110)/b21-17+,22-18+,45-19+,46-20+/t47-,48-,49+,50+,57?,58?,59-,60-,61+,62+,75-,76-,81+,82+,83+,84+/m1/s1. The monoisotopic (exact) mass is 1740 g/mol. The molecule has 0 spiro atoms. The van der Waals surface area contributed by atoms with Gasteiger partial charge in [-0.1, -0.05) is 84.7 Å². The molecule has 8 bridgehead atoms. The first-order valence-corrected chi connectivity index (χ1v) is 40.6. The van der Waals surface area contributed by atoms with Gasteiger partial charge in [0, 0.05) is 130 Å². The highest BCUT2D eigenvalue weighted by atomic mass is 35.5. The molecule has 4 fully saturated rings. The Morgan fingerprint density at radius 2 is 0.893 bits per heavy atom. The Labute approximate surface area is 715 Å². The predicted molar refractivity (Wildman–Crippen MR) is 436 cm³/mol. The molecule has 12 amide bonds. The molecule has 38 heteroatoms. The van der Waals surface area contributed by atoms with Crippen molar-refractivity contribution in [1.29, 1.82) is 0 Å². The van der Waals surface area contributed by atoms with Crippen molar-refractivity contribution in [2.45, 2.75) is 203 Å². The van der Waals surface area contributed by atoms with Gasteiger partial charge >= 0.3 is 24.1 Å². The number of epoxide rings is 2. The fourth-order valence-electron chi connectivity index (χ4n) is 15.9. The van der Waals surface area contributed by atoms with Gasteiger partial charge in [-0.15, -0.1) is 0 Å². The number of benzene rings is 2. The largest absolute Gasteiger partial charge is 0.495 e. The van der Waals surface area contributed by atoms with Gasteiger partial charge in [0.05, 0.1) is 63.7 Å². The average Bonchev–Trinajstić information content (AvgIpc) is 1.57. The lowest BCUT2D eigenvalue weighted by Crippen LogP contribution is -2.63. The number of nitrogens with one attached hydrogen (secondary N) is 2. The van der Waals surface area contributed by atoms with E-state index in [0.717, 1.165) is 65.1 Å². The normalized spacial score (nSPS) is 29.8. The number of carbonyl (C=O) groups excluding carboxylic acids is 14. The summed E-state index contributed by atoms with van der Waals surface area (Å²) in [7, 11) is 10.9. The van der Waals surface area contributed by atoms with Crippen molar-refractivity contribution in [3.8, 4) is 11.5 Å². The summed E-state index contributed by atoms with van der Waals surface area (Å²) in [6.45, 7) is 10.2. The lowest BCUT2D eigenvalue weighted by atomic mass is 9.83. The zero-order chi connectivity index (χ0) is 89.7. The van der Waals surface area contributed by atoms with Crippen LogP contribution in [0.5, 0.6) is 11.5 Å². The molecule has 8 aliphatic heterocycles. The summed E-state index contributed by atoms with van der Waals surface area (Å²) in [4.78, 5) is 203. The van der Waals surface area contributed by atoms with Crippen molar-refractivity contribution in [2.24, 2.45) is 11.8 Å². The van der Waals surface area contributed by atoms with Crippen molar-refractivity contribution < 1.29 is 125 Å². The molecular formula is C84H106Cl2N10O26.